The van der Waals surface area contributed by atoms with Crippen LogP contribution in [0.15, 0.2) is 60.0 Å². The van der Waals surface area contributed by atoms with E-state index in [0.29, 0.717) is 5.56 Å². The number of carbonyl (C=O) groups is 1. The number of carbonyl (C=O) groups excluding carboxylic acids is 1. The predicted octanol–water partition coefficient (Wildman–Crippen LogP) is 0.905. The number of pyridine rings is 1. The third-order valence-electron chi connectivity index (χ3n) is 4.27. The molecule has 9 nitrogen and oxygen atoms in total. The zero-order chi connectivity index (χ0) is 20.3. The molecule has 0 spiro atoms. The van der Waals surface area contributed by atoms with Gasteiger partial charge in [-0.25, -0.2) is 18.1 Å². The minimum atomic E-state index is -3.60. The lowest BCUT2D eigenvalue weighted by Gasteiger charge is -2.18. The average Bonchev–Trinajstić information content (AvgIpc) is 3.16. The fourth-order valence-electron chi connectivity index (χ4n) is 2.88. The van der Waals surface area contributed by atoms with Gasteiger partial charge in [-0.2, -0.15) is 5.10 Å². The highest BCUT2D eigenvalue weighted by atomic mass is 32.2. The Hall–Kier alpha value is -3.27. The van der Waals surface area contributed by atoms with Crippen LogP contribution in [0.3, 0.4) is 0 Å². The lowest BCUT2D eigenvalue weighted by Crippen LogP contribution is -2.29. The van der Waals surface area contributed by atoms with Gasteiger partial charge in [0.2, 0.25) is 5.91 Å². The van der Waals surface area contributed by atoms with Crippen molar-refractivity contribution in [3.8, 4) is 16.8 Å². The topological polar surface area (TPSA) is 130 Å². The number of amides is 1. The molecular weight excluding hydrogens is 382 g/mol. The molecule has 0 radical (unpaired) electrons. The molecule has 2 N–H and O–H groups in total. The summed E-state index contributed by atoms with van der Waals surface area (Å²) >= 11 is 0. The largest absolute Gasteiger partial charge is 0.370 e. The highest BCUT2D eigenvalue weighted by molar-refractivity contribution is 7.90. The summed E-state index contributed by atoms with van der Waals surface area (Å²) in [6, 6.07) is 10.4. The number of rotatable bonds is 7. The summed E-state index contributed by atoms with van der Waals surface area (Å²) in [6.45, 7) is 0. The van der Waals surface area contributed by atoms with E-state index in [1.807, 2.05) is 24.3 Å². The molecule has 0 aliphatic heterocycles. The fraction of sp³-hybridized carbons (Fsp3) is 0.222. The highest BCUT2D eigenvalue weighted by Gasteiger charge is 2.24. The summed E-state index contributed by atoms with van der Waals surface area (Å²) < 4.78 is 26.9. The SMILES string of the molecule is CS(=O)(=O)C(CCC(N)=O)n1ccc(-c2ccc(-n3cncn3)cc2)cc1=O. The summed E-state index contributed by atoms with van der Waals surface area (Å²) in [5.41, 5.74) is 6.90. The van der Waals surface area contributed by atoms with Gasteiger partial charge in [-0.15, -0.1) is 0 Å². The molecule has 10 heteroatoms. The molecule has 0 aliphatic rings. The van der Waals surface area contributed by atoms with Gasteiger partial charge < -0.3 is 5.73 Å². The second-order valence-corrected chi connectivity index (χ2v) is 8.54. The number of primary amides is 1. The van der Waals surface area contributed by atoms with Gasteiger partial charge in [-0.3, -0.25) is 14.2 Å². The van der Waals surface area contributed by atoms with Crippen molar-refractivity contribution >= 4 is 15.7 Å². The first kappa shape index (κ1) is 19.5. The van der Waals surface area contributed by atoms with Crippen molar-refractivity contribution < 1.29 is 13.2 Å². The lowest BCUT2D eigenvalue weighted by atomic mass is 10.1. The normalized spacial score (nSPS) is 12.6. The Balaban J connectivity index is 1.91. The summed E-state index contributed by atoms with van der Waals surface area (Å²) in [4.78, 5) is 27.5. The molecule has 0 aliphatic carbocycles. The molecule has 2 heterocycles. The molecule has 1 aromatic carbocycles. The molecule has 0 saturated heterocycles. The zero-order valence-electron chi connectivity index (χ0n) is 15.1. The first-order valence-corrected chi connectivity index (χ1v) is 10.4. The van der Waals surface area contributed by atoms with E-state index in [4.69, 9.17) is 5.73 Å². The molecule has 0 bridgehead atoms. The van der Waals surface area contributed by atoms with Gasteiger partial charge in [0.1, 0.15) is 18.0 Å². The van der Waals surface area contributed by atoms with Crippen LogP contribution in [0.25, 0.3) is 16.8 Å². The Labute approximate surface area is 161 Å². The fourth-order valence-corrected chi connectivity index (χ4v) is 4.01. The van der Waals surface area contributed by atoms with E-state index >= 15 is 0 Å². The monoisotopic (exact) mass is 401 g/mol. The van der Waals surface area contributed by atoms with Crippen molar-refractivity contribution in [2.24, 2.45) is 5.73 Å². The molecule has 28 heavy (non-hydrogen) atoms. The van der Waals surface area contributed by atoms with E-state index in [9.17, 15) is 18.0 Å². The number of nitrogens with two attached hydrogens (primary N) is 1. The lowest BCUT2D eigenvalue weighted by molar-refractivity contribution is -0.118. The number of nitrogens with zero attached hydrogens (tertiary/aromatic N) is 4. The number of sulfone groups is 1. The zero-order valence-corrected chi connectivity index (χ0v) is 15.9. The van der Waals surface area contributed by atoms with Gasteiger partial charge in [0.15, 0.2) is 9.84 Å². The van der Waals surface area contributed by atoms with Gasteiger partial charge in [0, 0.05) is 24.9 Å². The Kier molecular flexibility index (Phi) is 5.41. The summed E-state index contributed by atoms with van der Waals surface area (Å²) in [5, 5.41) is 2.91. The Bertz CT molecular complexity index is 1140. The molecule has 3 rings (SSSR count). The maximum atomic E-state index is 12.6. The van der Waals surface area contributed by atoms with Crippen molar-refractivity contribution in [3.63, 3.8) is 0 Å². The second kappa shape index (κ2) is 7.77. The number of benzene rings is 1. The molecule has 1 atom stereocenters. The first-order valence-electron chi connectivity index (χ1n) is 8.40. The Morgan fingerprint density at radius 3 is 2.43 bits per heavy atom. The van der Waals surface area contributed by atoms with Crippen LogP contribution in [0.1, 0.15) is 18.2 Å². The van der Waals surface area contributed by atoms with Crippen LogP contribution in [-0.2, 0) is 14.6 Å². The highest BCUT2D eigenvalue weighted by Crippen LogP contribution is 2.22. The Morgan fingerprint density at radius 2 is 1.89 bits per heavy atom. The predicted molar refractivity (Wildman–Crippen MR) is 103 cm³/mol. The third-order valence-corrected chi connectivity index (χ3v) is 5.73. The maximum Gasteiger partial charge on any atom is 0.252 e. The van der Waals surface area contributed by atoms with Crippen LogP contribution < -0.4 is 11.3 Å². The van der Waals surface area contributed by atoms with E-state index in [2.05, 4.69) is 10.1 Å². The number of hydrogen-bond acceptors (Lipinski definition) is 6. The smallest absolute Gasteiger partial charge is 0.252 e. The third kappa shape index (κ3) is 4.34. The minimum absolute atomic E-state index is 0.0555. The second-order valence-electron chi connectivity index (χ2n) is 6.34. The van der Waals surface area contributed by atoms with E-state index in [1.54, 1.807) is 17.1 Å². The van der Waals surface area contributed by atoms with Gasteiger partial charge >= 0.3 is 0 Å². The molecule has 1 unspecified atom stereocenters. The van der Waals surface area contributed by atoms with Crippen LogP contribution in [-0.4, -0.2) is 39.9 Å². The first-order chi connectivity index (χ1) is 13.3. The van der Waals surface area contributed by atoms with Crippen LogP contribution in [0, 0.1) is 0 Å². The van der Waals surface area contributed by atoms with E-state index < -0.39 is 26.7 Å². The van der Waals surface area contributed by atoms with Crippen molar-refractivity contribution in [1.29, 1.82) is 0 Å². The van der Waals surface area contributed by atoms with Crippen LogP contribution in [0.4, 0.5) is 0 Å². The minimum Gasteiger partial charge on any atom is -0.370 e. The van der Waals surface area contributed by atoms with E-state index in [0.717, 1.165) is 22.1 Å². The molecule has 0 fully saturated rings. The molecule has 2 aromatic heterocycles. The molecule has 146 valence electrons. The van der Waals surface area contributed by atoms with Gasteiger partial charge in [0.05, 0.1) is 5.69 Å². The number of aromatic nitrogens is 4. The molecular formula is C18H19N5O4S. The molecule has 3 aromatic rings. The van der Waals surface area contributed by atoms with E-state index in [1.165, 1.54) is 18.6 Å². The molecule has 0 saturated carbocycles. The quantitative estimate of drug-likeness (QED) is 0.626. The van der Waals surface area contributed by atoms with Crippen LogP contribution >= 0.6 is 0 Å². The van der Waals surface area contributed by atoms with Crippen molar-refractivity contribution in [3.05, 3.63) is 65.6 Å². The van der Waals surface area contributed by atoms with E-state index in [-0.39, 0.29) is 12.8 Å². The average molecular weight is 401 g/mol. The summed E-state index contributed by atoms with van der Waals surface area (Å²) in [5.74, 6) is -0.620. The van der Waals surface area contributed by atoms with Gasteiger partial charge in [0.25, 0.3) is 5.56 Å². The summed E-state index contributed by atoms with van der Waals surface area (Å²) in [7, 11) is -3.60. The standard InChI is InChI=1S/C18H19N5O4S/c1-28(26,27)18(7-6-16(19)24)22-9-8-14(10-17(22)25)13-2-4-15(5-3-13)23-12-20-11-21-23/h2-5,8-12,18H,6-7H2,1H3,(H2,19,24). The van der Waals surface area contributed by atoms with Crippen molar-refractivity contribution in [2.75, 3.05) is 6.26 Å². The summed E-state index contributed by atoms with van der Waals surface area (Å²) in [6.07, 6.45) is 5.28. The van der Waals surface area contributed by atoms with Gasteiger partial charge in [-0.05, 0) is 35.7 Å². The number of hydrogen-bond donors (Lipinski definition) is 1. The Morgan fingerprint density at radius 1 is 1.18 bits per heavy atom. The molecule has 1 amide bonds. The van der Waals surface area contributed by atoms with Crippen LogP contribution in [0.5, 0.6) is 0 Å². The van der Waals surface area contributed by atoms with Crippen molar-refractivity contribution in [1.82, 2.24) is 19.3 Å². The van der Waals surface area contributed by atoms with Crippen molar-refractivity contribution in [2.45, 2.75) is 18.2 Å². The van der Waals surface area contributed by atoms with Gasteiger partial charge in [-0.1, -0.05) is 12.1 Å². The maximum absolute atomic E-state index is 12.6. The van der Waals surface area contributed by atoms with Crippen LogP contribution in [0.2, 0.25) is 0 Å².